The number of carboxylic acids is 1. The molecule has 6 atom stereocenters. The average Bonchev–Trinajstić information content (AvgIpc) is 2.91. The van der Waals surface area contributed by atoms with Gasteiger partial charge in [0.05, 0.1) is 23.3 Å². The highest BCUT2D eigenvalue weighted by Gasteiger charge is 2.51. The quantitative estimate of drug-likeness (QED) is 0.856. The molecular formula is C19H24O5. The fraction of sp³-hybridized carbons (Fsp3) is 0.579. The topological polar surface area (TPSA) is 72.8 Å². The van der Waals surface area contributed by atoms with Gasteiger partial charge in [0.1, 0.15) is 6.10 Å². The monoisotopic (exact) mass is 332 g/mol. The molecule has 24 heavy (non-hydrogen) atoms. The summed E-state index contributed by atoms with van der Waals surface area (Å²) in [6, 6.07) is 6.17. The highest BCUT2D eigenvalue weighted by molar-refractivity contribution is 6.02. The Balaban J connectivity index is 1.84. The first kappa shape index (κ1) is 17.0. The Hall–Kier alpha value is -1.88. The first-order chi connectivity index (χ1) is 11.4. The Morgan fingerprint density at radius 2 is 1.92 bits per heavy atom. The number of carbonyl (C=O) groups excluding carboxylic acids is 1. The van der Waals surface area contributed by atoms with Crippen LogP contribution in [0.4, 0.5) is 0 Å². The van der Waals surface area contributed by atoms with E-state index >= 15 is 0 Å². The minimum absolute atomic E-state index is 0.0296. The number of ether oxygens (including phenoxy) is 2. The van der Waals surface area contributed by atoms with Crippen molar-refractivity contribution in [1.82, 2.24) is 0 Å². The van der Waals surface area contributed by atoms with Gasteiger partial charge < -0.3 is 14.6 Å². The summed E-state index contributed by atoms with van der Waals surface area (Å²) in [5.74, 6) is -0.701. The smallest absolute Gasteiger partial charge is 0.339 e. The lowest BCUT2D eigenvalue weighted by Gasteiger charge is -2.40. The number of esters is 1. The summed E-state index contributed by atoms with van der Waals surface area (Å²) in [5, 5.41) is 9.27. The molecule has 0 saturated carbocycles. The summed E-state index contributed by atoms with van der Waals surface area (Å²) in [6.45, 7) is 6.43. The van der Waals surface area contributed by atoms with Crippen LogP contribution < -0.4 is 0 Å². The fourth-order valence-corrected chi connectivity index (χ4v) is 4.37. The summed E-state index contributed by atoms with van der Waals surface area (Å²) < 4.78 is 11.9. The maximum Gasteiger partial charge on any atom is 0.339 e. The van der Waals surface area contributed by atoms with Gasteiger partial charge in [-0.1, -0.05) is 32.9 Å². The Bertz CT molecular complexity index is 640. The summed E-state index contributed by atoms with van der Waals surface area (Å²) in [4.78, 5) is 24.0. The molecule has 0 aromatic heterocycles. The normalized spacial score (nSPS) is 34.8. The number of fused-ring (bicyclic) bond motifs is 2. The minimum Gasteiger partial charge on any atom is -0.478 e. The van der Waals surface area contributed by atoms with Crippen molar-refractivity contribution in [2.45, 2.75) is 51.9 Å². The van der Waals surface area contributed by atoms with Crippen molar-refractivity contribution in [2.75, 3.05) is 0 Å². The van der Waals surface area contributed by atoms with Gasteiger partial charge in [-0.25, -0.2) is 9.59 Å². The number of aromatic carboxylic acids is 1. The van der Waals surface area contributed by atoms with Crippen molar-refractivity contribution < 1.29 is 24.2 Å². The van der Waals surface area contributed by atoms with Gasteiger partial charge in [-0.2, -0.15) is 0 Å². The SMILES string of the molecule is CC[C@H]1[C@H](C)[C@@H]2O[C@@H](C[C@H]2C)[C@H]1OC(=O)c1ccccc1C(=O)O. The van der Waals surface area contributed by atoms with Crippen molar-refractivity contribution in [3.63, 3.8) is 0 Å². The molecule has 0 aliphatic carbocycles. The van der Waals surface area contributed by atoms with Gasteiger partial charge in [0.2, 0.25) is 0 Å². The Labute approximate surface area is 142 Å². The van der Waals surface area contributed by atoms with Crippen molar-refractivity contribution in [1.29, 1.82) is 0 Å². The highest BCUT2D eigenvalue weighted by Crippen LogP contribution is 2.45. The van der Waals surface area contributed by atoms with E-state index in [-0.39, 0.29) is 35.4 Å². The molecule has 2 heterocycles. The average molecular weight is 332 g/mol. The zero-order chi connectivity index (χ0) is 17.4. The molecule has 0 spiro atoms. The fourth-order valence-electron chi connectivity index (χ4n) is 4.37. The van der Waals surface area contributed by atoms with E-state index in [0.29, 0.717) is 11.8 Å². The number of carboxylic acid groups (broad SMARTS) is 1. The van der Waals surface area contributed by atoms with Crippen LogP contribution in [0.25, 0.3) is 0 Å². The maximum absolute atomic E-state index is 12.6. The molecule has 1 aromatic carbocycles. The predicted octanol–water partition coefficient (Wildman–Crippen LogP) is 3.38. The molecular weight excluding hydrogens is 308 g/mol. The van der Waals surface area contributed by atoms with E-state index in [1.165, 1.54) is 12.1 Å². The summed E-state index contributed by atoms with van der Waals surface area (Å²) in [6.07, 6.45) is 1.60. The van der Waals surface area contributed by atoms with Crippen LogP contribution in [0.15, 0.2) is 24.3 Å². The molecule has 5 heteroatoms. The molecule has 1 aromatic rings. The van der Waals surface area contributed by atoms with E-state index < -0.39 is 11.9 Å². The van der Waals surface area contributed by atoms with Crippen molar-refractivity contribution in [3.8, 4) is 0 Å². The highest BCUT2D eigenvalue weighted by atomic mass is 16.6. The van der Waals surface area contributed by atoms with Gasteiger partial charge in [0, 0.05) is 5.92 Å². The van der Waals surface area contributed by atoms with Crippen molar-refractivity contribution >= 4 is 11.9 Å². The van der Waals surface area contributed by atoms with E-state index in [9.17, 15) is 14.7 Å². The molecule has 130 valence electrons. The van der Waals surface area contributed by atoms with E-state index in [1.54, 1.807) is 12.1 Å². The first-order valence-corrected chi connectivity index (χ1v) is 8.62. The van der Waals surface area contributed by atoms with Crippen LogP contribution in [0.1, 0.15) is 54.3 Å². The lowest BCUT2D eigenvalue weighted by atomic mass is 9.80. The summed E-state index contributed by atoms with van der Waals surface area (Å²) in [7, 11) is 0. The van der Waals surface area contributed by atoms with Crippen LogP contribution in [0, 0.1) is 17.8 Å². The van der Waals surface area contributed by atoms with E-state index in [2.05, 4.69) is 20.8 Å². The third-order valence-electron chi connectivity index (χ3n) is 5.57. The van der Waals surface area contributed by atoms with E-state index in [4.69, 9.17) is 9.47 Å². The Kier molecular flexibility index (Phi) is 4.63. The van der Waals surface area contributed by atoms with Crippen LogP contribution in [0.3, 0.4) is 0 Å². The molecule has 3 rings (SSSR count). The van der Waals surface area contributed by atoms with Crippen LogP contribution in [0.2, 0.25) is 0 Å². The Morgan fingerprint density at radius 3 is 2.54 bits per heavy atom. The molecule has 1 N–H and O–H groups in total. The molecule has 2 saturated heterocycles. The van der Waals surface area contributed by atoms with Gasteiger partial charge >= 0.3 is 11.9 Å². The van der Waals surface area contributed by atoms with Crippen molar-refractivity contribution in [3.05, 3.63) is 35.4 Å². The minimum atomic E-state index is -1.13. The number of carbonyl (C=O) groups is 2. The third-order valence-corrected chi connectivity index (χ3v) is 5.57. The van der Waals surface area contributed by atoms with Crippen LogP contribution >= 0.6 is 0 Å². The molecule has 2 aliphatic rings. The summed E-state index contributed by atoms with van der Waals surface area (Å²) in [5.41, 5.74) is 0.0682. The second-order valence-corrected chi connectivity index (χ2v) is 7.00. The van der Waals surface area contributed by atoms with Gasteiger partial charge in [0.15, 0.2) is 0 Å². The van der Waals surface area contributed by atoms with E-state index in [1.807, 2.05) is 0 Å². The lowest BCUT2D eigenvalue weighted by Crippen LogP contribution is -2.47. The molecule has 2 aliphatic heterocycles. The second kappa shape index (κ2) is 6.55. The number of rotatable bonds is 4. The lowest BCUT2D eigenvalue weighted by molar-refractivity contribution is -0.143. The number of benzene rings is 1. The van der Waals surface area contributed by atoms with Crippen LogP contribution in [-0.4, -0.2) is 35.4 Å². The molecule has 0 amide bonds. The molecule has 0 unspecified atom stereocenters. The second-order valence-electron chi connectivity index (χ2n) is 7.00. The molecule has 0 radical (unpaired) electrons. The molecule has 5 nitrogen and oxygen atoms in total. The van der Waals surface area contributed by atoms with Gasteiger partial charge in [0.25, 0.3) is 0 Å². The number of hydrogen-bond acceptors (Lipinski definition) is 4. The summed E-state index contributed by atoms with van der Waals surface area (Å²) >= 11 is 0. The van der Waals surface area contributed by atoms with Crippen LogP contribution in [-0.2, 0) is 9.47 Å². The van der Waals surface area contributed by atoms with Gasteiger partial charge in [-0.15, -0.1) is 0 Å². The predicted molar refractivity (Wildman–Crippen MR) is 88.0 cm³/mol. The Morgan fingerprint density at radius 1 is 1.25 bits per heavy atom. The van der Waals surface area contributed by atoms with Crippen molar-refractivity contribution in [2.24, 2.45) is 17.8 Å². The van der Waals surface area contributed by atoms with Crippen LogP contribution in [0.5, 0.6) is 0 Å². The van der Waals surface area contributed by atoms with Gasteiger partial charge in [-0.05, 0) is 36.8 Å². The number of hydrogen-bond donors (Lipinski definition) is 1. The standard InChI is InChI=1S/C19H24O5/c1-4-12-11(3)16-10(2)9-15(23-16)17(12)24-19(22)14-8-6-5-7-13(14)18(20)21/h5-8,10-12,15-17H,4,9H2,1-3H3,(H,20,21)/t10-,11+,12+,15+,16-,17+/m1/s1. The first-order valence-electron chi connectivity index (χ1n) is 8.62. The molecule has 2 fully saturated rings. The largest absolute Gasteiger partial charge is 0.478 e. The maximum atomic E-state index is 12.6. The van der Waals surface area contributed by atoms with Gasteiger partial charge in [-0.3, -0.25) is 0 Å². The zero-order valence-electron chi connectivity index (χ0n) is 14.3. The third kappa shape index (κ3) is 2.81. The zero-order valence-corrected chi connectivity index (χ0v) is 14.3. The molecule has 2 bridgehead atoms. The van der Waals surface area contributed by atoms with E-state index in [0.717, 1.165) is 12.8 Å².